The van der Waals surface area contributed by atoms with Crippen LogP contribution in [0.15, 0.2) is 22.7 Å². The molecule has 0 radical (unpaired) electrons. The summed E-state index contributed by atoms with van der Waals surface area (Å²) >= 11 is 9.78. The van der Waals surface area contributed by atoms with Crippen LogP contribution >= 0.6 is 27.5 Å². The van der Waals surface area contributed by atoms with Crippen molar-refractivity contribution in [2.45, 2.75) is 32.1 Å². The number of halogens is 3. The normalized spacial score (nSPS) is 34.2. The predicted octanol–water partition coefficient (Wildman–Crippen LogP) is 5.18. The molecule has 1 aromatic rings. The molecule has 2 fully saturated rings. The van der Waals surface area contributed by atoms with Crippen LogP contribution in [0.3, 0.4) is 0 Å². The third kappa shape index (κ3) is 2.12. The third-order valence-electron chi connectivity index (χ3n) is 4.93. The van der Waals surface area contributed by atoms with Gasteiger partial charge in [-0.3, -0.25) is 0 Å². The first kappa shape index (κ1) is 12.9. The molecule has 0 aliphatic heterocycles. The van der Waals surface area contributed by atoms with Gasteiger partial charge in [-0.2, -0.15) is 0 Å². The van der Waals surface area contributed by atoms with E-state index in [0.717, 1.165) is 28.6 Å². The standard InChI is InChI=1S/C15H17BrClF/c16-14-6-13(18)4-2-11(14)8-15(9-17)7-10-1-3-12(15)5-10/h2,4,6,10,12H,1,3,5,7-9H2. The fraction of sp³-hybridized carbons (Fsp3) is 0.600. The maximum Gasteiger partial charge on any atom is 0.124 e. The molecule has 2 aliphatic carbocycles. The first-order chi connectivity index (χ1) is 8.63. The minimum Gasteiger partial charge on any atom is -0.207 e. The summed E-state index contributed by atoms with van der Waals surface area (Å²) in [7, 11) is 0. The molecule has 2 bridgehead atoms. The first-order valence-electron chi connectivity index (χ1n) is 6.63. The average Bonchev–Trinajstić information content (AvgIpc) is 2.93. The highest BCUT2D eigenvalue weighted by Gasteiger charge is 2.50. The SMILES string of the molecule is Fc1ccc(CC2(CCl)CC3CCC2C3)c(Br)c1. The van der Waals surface area contributed by atoms with Gasteiger partial charge in [0.2, 0.25) is 0 Å². The van der Waals surface area contributed by atoms with E-state index >= 15 is 0 Å². The van der Waals surface area contributed by atoms with Gasteiger partial charge in [0.05, 0.1) is 0 Å². The molecule has 0 spiro atoms. The Labute approximate surface area is 121 Å². The van der Waals surface area contributed by atoms with Crippen molar-refractivity contribution >= 4 is 27.5 Å². The van der Waals surface area contributed by atoms with Crippen LogP contribution in [0.5, 0.6) is 0 Å². The number of benzene rings is 1. The van der Waals surface area contributed by atoms with Crippen LogP contribution in [0, 0.1) is 23.1 Å². The Kier molecular flexibility index (Phi) is 3.44. The summed E-state index contributed by atoms with van der Waals surface area (Å²) in [6, 6.07) is 5.01. The van der Waals surface area contributed by atoms with Crippen LogP contribution in [-0.2, 0) is 6.42 Å². The van der Waals surface area contributed by atoms with Crippen LogP contribution in [0.1, 0.15) is 31.2 Å². The molecule has 18 heavy (non-hydrogen) atoms. The molecular weight excluding hydrogens is 315 g/mol. The monoisotopic (exact) mass is 330 g/mol. The molecule has 2 saturated carbocycles. The molecular formula is C15H17BrClF. The second kappa shape index (κ2) is 4.79. The molecule has 3 atom stereocenters. The van der Waals surface area contributed by atoms with Crippen molar-refractivity contribution < 1.29 is 4.39 Å². The van der Waals surface area contributed by atoms with Crippen molar-refractivity contribution in [3.63, 3.8) is 0 Å². The maximum absolute atomic E-state index is 13.1. The first-order valence-corrected chi connectivity index (χ1v) is 7.95. The third-order valence-corrected chi connectivity index (χ3v) is 6.20. The zero-order valence-electron chi connectivity index (χ0n) is 10.3. The fourth-order valence-electron chi connectivity index (χ4n) is 4.03. The van der Waals surface area contributed by atoms with Gasteiger partial charge in [-0.05, 0) is 60.6 Å². The number of alkyl halides is 1. The molecule has 0 aromatic heterocycles. The van der Waals surface area contributed by atoms with Gasteiger partial charge in [0.1, 0.15) is 5.82 Å². The second-order valence-electron chi connectivity index (χ2n) is 5.99. The van der Waals surface area contributed by atoms with Gasteiger partial charge < -0.3 is 0 Å². The highest BCUT2D eigenvalue weighted by molar-refractivity contribution is 9.10. The van der Waals surface area contributed by atoms with E-state index in [1.807, 2.05) is 6.07 Å². The predicted molar refractivity (Wildman–Crippen MR) is 76.4 cm³/mol. The van der Waals surface area contributed by atoms with E-state index in [1.54, 1.807) is 12.1 Å². The van der Waals surface area contributed by atoms with E-state index in [2.05, 4.69) is 15.9 Å². The summed E-state index contributed by atoms with van der Waals surface area (Å²) in [6.45, 7) is 0. The molecule has 0 N–H and O–H groups in total. The molecule has 98 valence electrons. The number of hydrogen-bond acceptors (Lipinski definition) is 0. The zero-order chi connectivity index (χ0) is 12.8. The second-order valence-corrected chi connectivity index (χ2v) is 7.11. The van der Waals surface area contributed by atoms with Crippen molar-refractivity contribution in [2.24, 2.45) is 17.3 Å². The molecule has 2 aliphatic rings. The Balaban J connectivity index is 1.86. The van der Waals surface area contributed by atoms with Crippen LogP contribution in [-0.4, -0.2) is 5.88 Å². The van der Waals surface area contributed by atoms with Gasteiger partial charge in [-0.1, -0.05) is 28.4 Å². The molecule has 0 heterocycles. The van der Waals surface area contributed by atoms with Crippen LogP contribution in [0.2, 0.25) is 0 Å². The molecule has 0 amide bonds. The van der Waals surface area contributed by atoms with E-state index in [1.165, 1.54) is 31.2 Å². The highest BCUT2D eigenvalue weighted by atomic mass is 79.9. The number of fused-ring (bicyclic) bond motifs is 2. The minimum absolute atomic E-state index is 0.182. The van der Waals surface area contributed by atoms with Crippen molar-refractivity contribution in [1.82, 2.24) is 0 Å². The Bertz CT molecular complexity index is 462. The summed E-state index contributed by atoms with van der Waals surface area (Å²) < 4.78 is 14.0. The lowest BCUT2D eigenvalue weighted by Gasteiger charge is -2.36. The fourth-order valence-corrected chi connectivity index (χ4v) is 4.94. The van der Waals surface area contributed by atoms with Crippen molar-refractivity contribution in [3.05, 3.63) is 34.1 Å². The molecule has 3 heteroatoms. The van der Waals surface area contributed by atoms with Crippen LogP contribution < -0.4 is 0 Å². The molecule has 1 aromatic carbocycles. The van der Waals surface area contributed by atoms with Gasteiger partial charge in [0, 0.05) is 10.4 Å². The highest BCUT2D eigenvalue weighted by Crippen LogP contribution is 2.58. The Morgan fingerprint density at radius 1 is 1.39 bits per heavy atom. The quantitative estimate of drug-likeness (QED) is 0.670. The van der Waals surface area contributed by atoms with Gasteiger partial charge in [0.25, 0.3) is 0 Å². The van der Waals surface area contributed by atoms with E-state index in [4.69, 9.17) is 11.6 Å². The van der Waals surface area contributed by atoms with Gasteiger partial charge >= 0.3 is 0 Å². The Hall–Kier alpha value is -0.0800. The van der Waals surface area contributed by atoms with Crippen LogP contribution in [0.4, 0.5) is 4.39 Å². The lowest BCUT2D eigenvalue weighted by Crippen LogP contribution is -2.32. The van der Waals surface area contributed by atoms with E-state index < -0.39 is 0 Å². The van der Waals surface area contributed by atoms with Gasteiger partial charge in [-0.15, -0.1) is 11.6 Å². The molecule has 3 unspecified atom stereocenters. The van der Waals surface area contributed by atoms with E-state index in [9.17, 15) is 4.39 Å². The Morgan fingerprint density at radius 3 is 2.78 bits per heavy atom. The molecule has 0 nitrogen and oxygen atoms in total. The molecule has 0 saturated heterocycles. The van der Waals surface area contributed by atoms with Crippen molar-refractivity contribution in [1.29, 1.82) is 0 Å². The zero-order valence-corrected chi connectivity index (χ0v) is 12.6. The summed E-state index contributed by atoms with van der Waals surface area (Å²) in [4.78, 5) is 0. The number of hydrogen-bond donors (Lipinski definition) is 0. The van der Waals surface area contributed by atoms with Crippen LogP contribution in [0.25, 0.3) is 0 Å². The van der Waals surface area contributed by atoms with Crippen molar-refractivity contribution in [2.75, 3.05) is 5.88 Å². The van der Waals surface area contributed by atoms with Gasteiger partial charge in [0.15, 0.2) is 0 Å². The van der Waals surface area contributed by atoms with Gasteiger partial charge in [-0.25, -0.2) is 4.39 Å². The molecule has 3 rings (SSSR count). The average molecular weight is 332 g/mol. The lowest BCUT2D eigenvalue weighted by molar-refractivity contribution is 0.193. The Morgan fingerprint density at radius 2 is 2.22 bits per heavy atom. The van der Waals surface area contributed by atoms with E-state index in [0.29, 0.717) is 0 Å². The summed E-state index contributed by atoms with van der Waals surface area (Å²) in [5, 5.41) is 0. The van der Waals surface area contributed by atoms with E-state index in [-0.39, 0.29) is 11.2 Å². The topological polar surface area (TPSA) is 0 Å². The smallest absolute Gasteiger partial charge is 0.124 e. The maximum atomic E-state index is 13.1. The number of rotatable bonds is 3. The van der Waals surface area contributed by atoms with Crippen molar-refractivity contribution in [3.8, 4) is 0 Å². The largest absolute Gasteiger partial charge is 0.207 e. The lowest BCUT2D eigenvalue weighted by atomic mass is 9.71. The summed E-state index contributed by atoms with van der Waals surface area (Å²) in [5.41, 5.74) is 1.45. The summed E-state index contributed by atoms with van der Waals surface area (Å²) in [5.74, 6) is 2.21. The minimum atomic E-state index is -0.182. The summed E-state index contributed by atoms with van der Waals surface area (Å²) in [6.07, 6.45) is 6.30.